The van der Waals surface area contributed by atoms with E-state index in [0.29, 0.717) is 18.9 Å². The van der Waals surface area contributed by atoms with Gasteiger partial charge in [-0.25, -0.2) is 0 Å². The van der Waals surface area contributed by atoms with Crippen molar-refractivity contribution >= 4 is 5.91 Å². The Hall–Kier alpha value is -3.89. The molecule has 0 spiro atoms. The van der Waals surface area contributed by atoms with Crippen LogP contribution in [-0.4, -0.2) is 44.1 Å². The van der Waals surface area contributed by atoms with E-state index in [9.17, 15) is 4.79 Å². The van der Waals surface area contributed by atoms with Crippen molar-refractivity contribution in [1.29, 1.82) is 0 Å². The molecule has 4 aromatic rings. The number of methoxy groups -OCH3 is 1. The number of nitrogens with zero attached hydrogens (tertiary/aromatic N) is 1. The quantitative estimate of drug-likeness (QED) is 0.142. The summed E-state index contributed by atoms with van der Waals surface area (Å²) in [6, 6.07) is 40.9. The fourth-order valence-corrected chi connectivity index (χ4v) is 6.98. The number of aryl methyl sites for hydroxylation is 1. The first-order valence-electron chi connectivity index (χ1n) is 16.4. The molecule has 1 N–H and O–H groups in total. The van der Waals surface area contributed by atoms with Crippen LogP contribution in [0.15, 0.2) is 115 Å². The SMILES string of the molecule is COc1cccc(C2CCN(CCCC(CCCNC(=O)CCc3ccccc3)(c3ccccc3)c3ccccc3)CC2)c1. The second-order valence-corrected chi connectivity index (χ2v) is 12.2. The van der Waals surface area contributed by atoms with Crippen molar-refractivity contribution in [2.75, 3.05) is 33.3 Å². The Balaban J connectivity index is 1.19. The van der Waals surface area contributed by atoms with E-state index in [2.05, 4.69) is 101 Å². The lowest BCUT2D eigenvalue weighted by Gasteiger charge is -2.37. The molecular formula is C40H48N2O2. The largest absolute Gasteiger partial charge is 0.497 e. The molecule has 44 heavy (non-hydrogen) atoms. The van der Waals surface area contributed by atoms with Gasteiger partial charge in [0.1, 0.15) is 5.75 Å². The van der Waals surface area contributed by atoms with Crippen molar-refractivity contribution in [3.8, 4) is 5.75 Å². The van der Waals surface area contributed by atoms with E-state index in [4.69, 9.17) is 4.74 Å². The zero-order valence-electron chi connectivity index (χ0n) is 26.3. The Morgan fingerprint density at radius 1 is 0.795 bits per heavy atom. The number of carbonyl (C=O) groups excluding carboxylic acids is 1. The number of piperidine rings is 1. The Kier molecular flexibility index (Phi) is 11.7. The molecule has 4 heteroatoms. The van der Waals surface area contributed by atoms with E-state index in [-0.39, 0.29) is 11.3 Å². The number of benzene rings is 4. The molecule has 1 fully saturated rings. The fraction of sp³-hybridized carbons (Fsp3) is 0.375. The Bertz CT molecular complexity index is 1360. The summed E-state index contributed by atoms with van der Waals surface area (Å²) in [6.45, 7) is 4.09. The summed E-state index contributed by atoms with van der Waals surface area (Å²) in [5.74, 6) is 1.70. The standard InChI is InChI=1S/C40H48N2O2/c1-44-38-21-11-16-35(32-38)34-24-30-42(31-25-34)29-13-27-40(36-17-7-3-8-18-36,37-19-9-4-10-20-37)26-12-28-41-39(43)23-22-33-14-5-2-6-15-33/h2-11,14-21,32,34H,12-13,22-31H2,1H3,(H,41,43). The predicted octanol–water partition coefficient (Wildman–Crippen LogP) is 8.17. The topological polar surface area (TPSA) is 41.6 Å². The molecule has 1 aliphatic heterocycles. The fourth-order valence-electron chi connectivity index (χ4n) is 6.98. The maximum absolute atomic E-state index is 12.7. The third kappa shape index (κ3) is 8.60. The van der Waals surface area contributed by atoms with Crippen LogP contribution in [0.5, 0.6) is 5.75 Å². The molecule has 0 saturated carbocycles. The molecule has 0 aromatic heterocycles. The van der Waals surface area contributed by atoms with Crippen LogP contribution in [0.1, 0.15) is 73.1 Å². The Labute approximate surface area is 264 Å². The number of hydrogen-bond acceptors (Lipinski definition) is 3. The van der Waals surface area contributed by atoms with E-state index >= 15 is 0 Å². The lowest BCUT2D eigenvalue weighted by molar-refractivity contribution is -0.121. The van der Waals surface area contributed by atoms with E-state index in [1.807, 2.05) is 24.3 Å². The van der Waals surface area contributed by atoms with Gasteiger partial charge in [-0.05, 0) is 105 Å². The number of amides is 1. The van der Waals surface area contributed by atoms with Crippen molar-refractivity contribution < 1.29 is 9.53 Å². The van der Waals surface area contributed by atoms with Gasteiger partial charge in [0.25, 0.3) is 0 Å². The van der Waals surface area contributed by atoms with Gasteiger partial charge in [0.15, 0.2) is 0 Å². The summed E-state index contributed by atoms with van der Waals surface area (Å²) in [5, 5.41) is 3.21. The second kappa shape index (κ2) is 16.3. The van der Waals surface area contributed by atoms with Gasteiger partial charge >= 0.3 is 0 Å². The number of rotatable bonds is 15. The molecule has 1 saturated heterocycles. The molecule has 5 rings (SSSR count). The number of nitrogens with one attached hydrogen (secondary N) is 1. The molecular weight excluding hydrogens is 540 g/mol. The maximum Gasteiger partial charge on any atom is 0.220 e. The van der Waals surface area contributed by atoms with Crippen molar-refractivity contribution in [2.24, 2.45) is 0 Å². The Morgan fingerprint density at radius 3 is 2.05 bits per heavy atom. The highest BCUT2D eigenvalue weighted by Gasteiger charge is 2.33. The third-order valence-electron chi connectivity index (χ3n) is 9.47. The van der Waals surface area contributed by atoms with E-state index in [0.717, 1.165) is 57.5 Å². The summed E-state index contributed by atoms with van der Waals surface area (Å²) >= 11 is 0. The third-order valence-corrected chi connectivity index (χ3v) is 9.47. The highest BCUT2D eigenvalue weighted by atomic mass is 16.5. The van der Waals surface area contributed by atoms with Crippen molar-refractivity contribution in [3.05, 3.63) is 138 Å². The Morgan fingerprint density at radius 2 is 1.41 bits per heavy atom. The van der Waals surface area contributed by atoms with Crippen LogP contribution < -0.4 is 10.1 Å². The van der Waals surface area contributed by atoms with Gasteiger partial charge in [-0.1, -0.05) is 103 Å². The van der Waals surface area contributed by atoms with Gasteiger partial charge in [0.2, 0.25) is 5.91 Å². The number of ether oxygens (including phenoxy) is 1. The first-order valence-corrected chi connectivity index (χ1v) is 16.4. The lowest BCUT2D eigenvalue weighted by Crippen LogP contribution is -2.35. The average molecular weight is 589 g/mol. The summed E-state index contributed by atoms with van der Waals surface area (Å²) in [4.78, 5) is 15.3. The highest BCUT2D eigenvalue weighted by molar-refractivity contribution is 5.76. The molecule has 4 nitrogen and oxygen atoms in total. The van der Waals surface area contributed by atoms with Gasteiger partial charge in [-0.15, -0.1) is 0 Å². The molecule has 0 unspecified atom stereocenters. The molecule has 0 bridgehead atoms. The summed E-state index contributed by atoms with van der Waals surface area (Å²) in [5.41, 5.74) is 5.27. The molecule has 0 radical (unpaired) electrons. The summed E-state index contributed by atoms with van der Waals surface area (Å²) in [6.07, 6.45) is 7.85. The molecule has 0 aliphatic carbocycles. The molecule has 1 amide bonds. The zero-order chi connectivity index (χ0) is 30.5. The number of carbonyl (C=O) groups is 1. The normalized spacial score (nSPS) is 14.3. The molecule has 1 aliphatic rings. The summed E-state index contributed by atoms with van der Waals surface area (Å²) in [7, 11) is 1.75. The van der Waals surface area contributed by atoms with Gasteiger partial charge < -0.3 is 15.0 Å². The first kappa shape index (κ1) is 31.5. The zero-order valence-corrected chi connectivity index (χ0v) is 26.3. The lowest BCUT2D eigenvalue weighted by atomic mass is 9.68. The van der Waals surface area contributed by atoms with Crippen LogP contribution in [0.25, 0.3) is 0 Å². The van der Waals surface area contributed by atoms with Crippen LogP contribution in [0.3, 0.4) is 0 Å². The van der Waals surface area contributed by atoms with Gasteiger partial charge in [-0.2, -0.15) is 0 Å². The van der Waals surface area contributed by atoms with Crippen molar-refractivity contribution in [2.45, 2.75) is 62.7 Å². The van der Waals surface area contributed by atoms with Crippen LogP contribution in [0.2, 0.25) is 0 Å². The highest BCUT2D eigenvalue weighted by Crippen LogP contribution is 2.41. The van der Waals surface area contributed by atoms with E-state index in [1.165, 1.54) is 35.1 Å². The van der Waals surface area contributed by atoms with Gasteiger partial charge in [0.05, 0.1) is 7.11 Å². The number of hydrogen-bond donors (Lipinski definition) is 1. The van der Waals surface area contributed by atoms with Crippen LogP contribution in [0.4, 0.5) is 0 Å². The monoisotopic (exact) mass is 588 g/mol. The van der Waals surface area contributed by atoms with Crippen LogP contribution >= 0.6 is 0 Å². The van der Waals surface area contributed by atoms with Gasteiger partial charge in [-0.3, -0.25) is 4.79 Å². The van der Waals surface area contributed by atoms with Crippen molar-refractivity contribution in [1.82, 2.24) is 10.2 Å². The minimum Gasteiger partial charge on any atom is -0.497 e. The summed E-state index contributed by atoms with van der Waals surface area (Å²) < 4.78 is 5.47. The van der Waals surface area contributed by atoms with Crippen LogP contribution in [-0.2, 0) is 16.6 Å². The molecule has 4 aromatic carbocycles. The number of likely N-dealkylation sites (tertiary alicyclic amines) is 1. The first-order chi connectivity index (χ1) is 21.7. The second-order valence-electron chi connectivity index (χ2n) is 12.2. The molecule has 230 valence electrons. The van der Waals surface area contributed by atoms with Gasteiger partial charge in [0, 0.05) is 18.4 Å². The smallest absolute Gasteiger partial charge is 0.220 e. The predicted molar refractivity (Wildman–Crippen MR) is 181 cm³/mol. The van der Waals surface area contributed by atoms with Crippen LogP contribution in [0, 0.1) is 0 Å². The van der Waals surface area contributed by atoms with E-state index < -0.39 is 0 Å². The maximum atomic E-state index is 12.7. The minimum absolute atomic E-state index is 0.0871. The van der Waals surface area contributed by atoms with E-state index in [1.54, 1.807) is 7.11 Å². The average Bonchev–Trinajstić information content (AvgIpc) is 3.10. The van der Waals surface area contributed by atoms with Crippen molar-refractivity contribution in [3.63, 3.8) is 0 Å². The minimum atomic E-state index is -0.0871. The molecule has 1 heterocycles. The molecule has 0 atom stereocenters.